The lowest BCUT2D eigenvalue weighted by Gasteiger charge is -2.02. The molecule has 2 aromatic rings. The third-order valence-electron chi connectivity index (χ3n) is 4.58. The zero-order valence-corrected chi connectivity index (χ0v) is 18.1. The summed E-state index contributed by atoms with van der Waals surface area (Å²) in [5.41, 5.74) is 5.81. The van der Waals surface area contributed by atoms with Crippen molar-refractivity contribution in [3.63, 3.8) is 0 Å². The Bertz CT molecular complexity index is 841. The molecule has 1 N–H and O–H groups in total. The predicted molar refractivity (Wildman–Crippen MR) is 118 cm³/mol. The molecule has 156 valence electrons. The molecular weight excluding hydrogens is 362 g/mol. The summed E-state index contributed by atoms with van der Waals surface area (Å²) in [6.07, 6.45) is 13.0. The molecule has 0 aliphatic rings. The fourth-order valence-corrected chi connectivity index (χ4v) is 2.80. The van der Waals surface area contributed by atoms with Crippen LogP contribution in [0.25, 0.3) is 5.69 Å². The van der Waals surface area contributed by atoms with Gasteiger partial charge in [0, 0.05) is 0 Å². The Hall–Kier alpha value is -2.66. The molecule has 29 heavy (non-hydrogen) atoms. The lowest BCUT2D eigenvalue weighted by atomic mass is 10.1. The quantitative estimate of drug-likeness (QED) is 0.379. The van der Waals surface area contributed by atoms with E-state index in [0.717, 1.165) is 37.1 Å². The summed E-state index contributed by atoms with van der Waals surface area (Å²) in [4.78, 5) is 0. The SMILES string of the molecule is CC(C)=CCC/C(C)=C/CC/C(C)=C/COCc1cn(-c2ccc(O)cc2)nn1. The van der Waals surface area contributed by atoms with E-state index in [0.29, 0.717) is 13.2 Å². The Morgan fingerprint density at radius 2 is 1.62 bits per heavy atom. The number of phenolic OH excluding ortho intramolecular Hbond substituents is 1. The van der Waals surface area contributed by atoms with Crippen LogP contribution in [0.2, 0.25) is 0 Å². The van der Waals surface area contributed by atoms with Crippen LogP contribution in [-0.4, -0.2) is 26.7 Å². The van der Waals surface area contributed by atoms with Gasteiger partial charge in [-0.3, -0.25) is 0 Å². The Kier molecular flexibility index (Phi) is 9.38. The zero-order valence-electron chi connectivity index (χ0n) is 18.1. The normalized spacial score (nSPS) is 12.3. The van der Waals surface area contributed by atoms with Crippen LogP contribution in [0.15, 0.2) is 65.4 Å². The molecule has 0 fully saturated rings. The average Bonchev–Trinajstić information content (AvgIpc) is 3.14. The van der Waals surface area contributed by atoms with Gasteiger partial charge in [-0.15, -0.1) is 5.10 Å². The van der Waals surface area contributed by atoms with Crippen molar-refractivity contribution in [1.29, 1.82) is 0 Å². The van der Waals surface area contributed by atoms with E-state index in [9.17, 15) is 5.11 Å². The van der Waals surface area contributed by atoms with Gasteiger partial charge < -0.3 is 9.84 Å². The zero-order chi connectivity index (χ0) is 21.1. The lowest BCUT2D eigenvalue weighted by molar-refractivity contribution is 0.145. The van der Waals surface area contributed by atoms with E-state index in [1.807, 2.05) is 6.20 Å². The second-order valence-electron chi connectivity index (χ2n) is 7.65. The number of hydrogen-bond donors (Lipinski definition) is 1. The summed E-state index contributed by atoms with van der Waals surface area (Å²) in [5.74, 6) is 0.231. The Morgan fingerprint density at radius 3 is 2.31 bits per heavy atom. The predicted octanol–water partition coefficient (Wildman–Crippen LogP) is 5.91. The van der Waals surface area contributed by atoms with Gasteiger partial charge in [-0.25, -0.2) is 4.68 Å². The molecule has 0 bridgehead atoms. The summed E-state index contributed by atoms with van der Waals surface area (Å²) in [7, 11) is 0. The smallest absolute Gasteiger partial charge is 0.115 e. The molecule has 0 radical (unpaired) electrons. The van der Waals surface area contributed by atoms with Crippen molar-refractivity contribution in [3.8, 4) is 11.4 Å². The highest BCUT2D eigenvalue weighted by atomic mass is 16.5. The van der Waals surface area contributed by atoms with Crippen LogP contribution in [0, 0.1) is 0 Å². The maximum absolute atomic E-state index is 9.35. The minimum absolute atomic E-state index is 0.231. The fourth-order valence-electron chi connectivity index (χ4n) is 2.80. The second kappa shape index (κ2) is 12.0. The van der Waals surface area contributed by atoms with Crippen LogP contribution in [0.1, 0.15) is 59.1 Å². The van der Waals surface area contributed by atoms with Gasteiger partial charge in [0.25, 0.3) is 0 Å². The maximum atomic E-state index is 9.35. The molecule has 1 aromatic carbocycles. The molecular formula is C24H33N3O2. The summed E-state index contributed by atoms with van der Waals surface area (Å²) >= 11 is 0. The number of rotatable bonds is 11. The number of nitrogens with zero attached hydrogens (tertiary/aromatic N) is 3. The second-order valence-corrected chi connectivity index (χ2v) is 7.65. The highest BCUT2D eigenvalue weighted by Crippen LogP contribution is 2.14. The Balaban J connectivity index is 1.68. The first-order valence-electron chi connectivity index (χ1n) is 10.2. The molecule has 0 atom stereocenters. The van der Waals surface area contributed by atoms with Gasteiger partial charge in [0.2, 0.25) is 0 Å². The average molecular weight is 396 g/mol. The number of ether oxygens (including phenoxy) is 1. The van der Waals surface area contributed by atoms with Crippen molar-refractivity contribution < 1.29 is 9.84 Å². The summed E-state index contributed by atoms with van der Waals surface area (Å²) in [5, 5.41) is 17.6. The van der Waals surface area contributed by atoms with Gasteiger partial charge in [0.15, 0.2) is 0 Å². The van der Waals surface area contributed by atoms with E-state index >= 15 is 0 Å². The number of aromatic hydroxyl groups is 1. The van der Waals surface area contributed by atoms with E-state index in [2.05, 4.69) is 56.2 Å². The minimum Gasteiger partial charge on any atom is -0.508 e. The number of allylic oxidation sites excluding steroid dienone is 5. The molecule has 5 nitrogen and oxygen atoms in total. The Labute approximate surface area is 174 Å². The highest BCUT2D eigenvalue weighted by Gasteiger charge is 2.03. The topological polar surface area (TPSA) is 60.2 Å². The maximum Gasteiger partial charge on any atom is 0.115 e. The van der Waals surface area contributed by atoms with Gasteiger partial charge in [-0.2, -0.15) is 0 Å². The molecule has 0 unspecified atom stereocenters. The first-order chi connectivity index (χ1) is 13.9. The number of hydrogen-bond acceptors (Lipinski definition) is 4. The molecule has 0 spiro atoms. The molecule has 0 saturated carbocycles. The summed E-state index contributed by atoms with van der Waals surface area (Å²) in [6, 6.07) is 6.83. The van der Waals surface area contributed by atoms with Gasteiger partial charge in [0.1, 0.15) is 11.4 Å². The van der Waals surface area contributed by atoms with E-state index < -0.39 is 0 Å². The van der Waals surface area contributed by atoms with Crippen LogP contribution < -0.4 is 0 Å². The first-order valence-corrected chi connectivity index (χ1v) is 10.2. The van der Waals surface area contributed by atoms with Crippen molar-refractivity contribution in [3.05, 3.63) is 71.1 Å². The van der Waals surface area contributed by atoms with E-state index in [4.69, 9.17) is 4.74 Å². The lowest BCUT2D eigenvalue weighted by Crippen LogP contribution is -1.94. The highest BCUT2D eigenvalue weighted by molar-refractivity contribution is 5.35. The number of phenols is 1. The van der Waals surface area contributed by atoms with Crippen LogP contribution >= 0.6 is 0 Å². The molecule has 5 heteroatoms. The first kappa shape index (κ1) is 22.6. The molecule has 0 aliphatic carbocycles. The van der Waals surface area contributed by atoms with E-state index in [-0.39, 0.29) is 5.75 Å². The number of benzene rings is 1. The van der Waals surface area contributed by atoms with Gasteiger partial charge in [0.05, 0.1) is 25.1 Å². The third kappa shape index (κ3) is 8.92. The summed E-state index contributed by atoms with van der Waals surface area (Å²) < 4.78 is 7.38. The Morgan fingerprint density at radius 1 is 0.966 bits per heavy atom. The van der Waals surface area contributed by atoms with Gasteiger partial charge in [-0.1, -0.05) is 40.2 Å². The van der Waals surface area contributed by atoms with Crippen molar-refractivity contribution in [1.82, 2.24) is 15.0 Å². The third-order valence-corrected chi connectivity index (χ3v) is 4.58. The monoisotopic (exact) mass is 395 g/mol. The van der Waals surface area contributed by atoms with E-state index in [1.165, 1.54) is 16.7 Å². The number of aromatic nitrogens is 3. The van der Waals surface area contributed by atoms with Gasteiger partial charge >= 0.3 is 0 Å². The van der Waals surface area contributed by atoms with Crippen molar-refractivity contribution in [2.45, 2.75) is 60.0 Å². The van der Waals surface area contributed by atoms with Crippen molar-refractivity contribution in [2.75, 3.05) is 6.61 Å². The van der Waals surface area contributed by atoms with Crippen LogP contribution in [-0.2, 0) is 11.3 Å². The van der Waals surface area contributed by atoms with E-state index in [1.54, 1.807) is 28.9 Å². The van der Waals surface area contributed by atoms with Crippen LogP contribution in [0.4, 0.5) is 0 Å². The van der Waals surface area contributed by atoms with Gasteiger partial charge in [-0.05, 0) is 77.6 Å². The minimum atomic E-state index is 0.231. The summed E-state index contributed by atoms with van der Waals surface area (Å²) in [6.45, 7) is 9.65. The molecule has 0 saturated heterocycles. The molecule has 0 amide bonds. The largest absolute Gasteiger partial charge is 0.508 e. The van der Waals surface area contributed by atoms with Crippen molar-refractivity contribution in [2.24, 2.45) is 0 Å². The van der Waals surface area contributed by atoms with Crippen LogP contribution in [0.3, 0.4) is 0 Å². The molecule has 1 aromatic heterocycles. The molecule has 1 heterocycles. The van der Waals surface area contributed by atoms with Crippen LogP contribution in [0.5, 0.6) is 5.75 Å². The van der Waals surface area contributed by atoms with Crippen molar-refractivity contribution >= 4 is 0 Å². The fraction of sp³-hybridized carbons (Fsp3) is 0.417. The standard InChI is InChI=1S/C24H33N3O2/c1-19(2)7-5-8-20(3)9-6-10-21(4)15-16-29-18-22-17-27(26-25-22)23-11-13-24(28)14-12-23/h7,9,11-15,17,28H,5-6,8,10,16,18H2,1-4H3/b20-9+,21-15+. The molecule has 2 rings (SSSR count). The molecule has 0 aliphatic heterocycles.